The monoisotopic (exact) mass is 461 g/mol. The second-order valence-electron chi connectivity index (χ2n) is 8.42. The lowest BCUT2D eigenvalue weighted by molar-refractivity contribution is 0.103. The third-order valence-corrected chi connectivity index (χ3v) is 6.21. The first kappa shape index (κ1) is 21.0. The van der Waals surface area contributed by atoms with Crippen LogP contribution in [0.5, 0.6) is 11.5 Å². The zero-order valence-corrected chi connectivity index (χ0v) is 19.2. The fourth-order valence-electron chi connectivity index (χ4n) is 4.52. The Balaban J connectivity index is 1.43. The van der Waals surface area contributed by atoms with Crippen LogP contribution in [0.15, 0.2) is 97.2 Å². The molecule has 5 aromatic rings. The van der Waals surface area contributed by atoms with Gasteiger partial charge in [-0.2, -0.15) is 5.10 Å². The number of carbonyl (C=O) groups is 1. The number of nitrogens with zero attached hydrogens (tertiary/aromatic N) is 3. The van der Waals surface area contributed by atoms with Gasteiger partial charge < -0.3 is 14.0 Å². The molecule has 3 heterocycles. The number of rotatable bonds is 7. The van der Waals surface area contributed by atoms with Gasteiger partial charge in [0.05, 0.1) is 19.3 Å². The molecule has 0 saturated heterocycles. The van der Waals surface area contributed by atoms with Crippen LogP contribution in [0.25, 0.3) is 16.9 Å². The largest absolute Gasteiger partial charge is 0.493 e. The number of fused-ring (bicyclic) bond motifs is 3. The number of hydrogen-bond acceptors (Lipinski definition) is 4. The highest BCUT2D eigenvalue weighted by Crippen LogP contribution is 2.39. The predicted octanol–water partition coefficient (Wildman–Crippen LogP) is 5.52. The van der Waals surface area contributed by atoms with E-state index in [0.29, 0.717) is 36.0 Å². The van der Waals surface area contributed by atoms with Crippen molar-refractivity contribution in [2.24, 2.45) is 0 Å². The van der Waals surface area contributed by atoms with Crippen LogP contribution in [0.1, 0.15) is 27.3 Å². The van der Waals surface area contributed by atoms with E-state index in [0.717, 1.165) is 28.1 Å². The molecule has 172 valence electrons. The van der Waals surface area contributed by atoms with E-state index in [1.165, 1.54) is 0 Å². The van der Waals surface area contributed by atoms with Gasteiger partial charge in [0, 0.05) is 11.8 Å². The molecule has 0 atom stereocenters. The molecule has 0 saturated carbocycles. The number of hydrogen-bond donors (Lipinski definition) is 0. The molecule has 0 amide bonds. The Morgan fingerprint density at radius 2 is 1.57 bits per heavy atom. The summed E-state index contributed by atoms with van der Waals surface area (Å²) in [6.45, 7) is 0.925. The highest BCUT2D eigenvalue weighted by Gasteiger charge is 2.35. The summed E-state index contributed by atoms with van der Waals surface area (Å²) in [5, 5.41) is 4.92. The summed E-state index contributed by atoms with van der Waals surface area (Å²) in [5.41, 5.74) is 5.77. The molecule has 3 aromatic carbocycles. The Kier molecular flexibility index (Phi) is 5.19. The molecule has 1 aliphatic rings. The average molecular weight is 462 g/mol. The van der Waals surface area contributed by atoms with Crippen LogP contribution in [-0.4, -0.2) is 27.2 Å². The predicted molar refractivity (Wildman–Crippen MR) is 133 cm³/mol. The van der Waals surface area contributed by atoms with Gasteiger partial charge in [0.1, 0.15) is 23.7 Å². The summed E-state index contributed by atoms with van der Waals surface area (Å²) in [5.74, 6) is 1.24. The molecular formula is C29H23N3O3. The molecule has 35 heavy (non-hydrogen) atoms. The molecule has 0 fully saturated rings. The Hall–Kier alpha value is -4.58. The number of ether oxygens (including phenoxy) is 2. The summed E-state index contributed by atoms with van der Waals surface area (Å²) < 4.78 is 15.4. The third kappa shape index (κ3) is 3.69. The molecule has 2 aromatic heterocycles. The molecule has 0 spiro atoms. The van der Waals surface area contributed by atoms with Crippen LogP contribution in [0.2, 0.25) is 0 Å². The van der Waals surface area contributed by atoms with Gasteiger partial charge in [0.15, 0.2) is 11.5 Å². The molecule has 0 unspecified atom stereocenters. The summed E-state index contributed by atoms with van der Waals surface area (Å²) in [6, 6.07) is 29.5. The Morgan fingerprint density at radius 1 is 0.829 bits per heavy atom. The number of methoxy groups -OCH3 is 1. The SMILES string of the molecule is COc1ccc(-c2nn(Cc3ccccc3)c3c2-n2cccc2C3=O)cc1OCc1ccccc1. The van der Waals surface area contributed by atoms with Crippen molar-refractivity contribution in [2.75, 3.05) is 7.11 Å². The molecule has 6 rings (SSSR count). The number of ketones is 1. The van der Waals surface area contributed by atoms with E-state index in [2.05, 4.69) is 0 Å². The van der Waals surface area contributed by atoms with Crippen LogP contribution in [0.4, 0.5) is 0 Å². The van der Waals surface area contributed by atoms with E-state index in [9.17, 15) is 4.79 Å². The lowest BCUT2D eigenvalue weighted by atomic mass is 10.1. The number of carbonyl (C=O) groups excluding carboxylic acids is 1. The standard InChI is InChI=1S/C29H23N3O3/c1-34-24-15-14-22(17-25(24)35-19-21-11-6-3-7-12-21)26-27-28(29(33)23-13-8-16-31(23)27)32(30-26)18-20-9-4-2-5-10-20/h2-17H,18-19H2,1H3. The van der Waals surface area contributed by atoms with Gasteiger partial charge >= 0.3 is 0 Å². The summed E-state index contributed by atoms with van der Waals surface area (Å²) in [4.78, 5) is 13.3. The van der Waals surface area contributed by atoms with E-state index in [-0.39, 0.29) is 5.78 Å². The lowest BCUT2D eigenvalue weighted by Gasteiger charge is -2.12. The lowest BCUT2D eigenvalue weighted by Crippen LogP contribution is -2.10. The Morgan fingerprint density at radius 3 is 2.31 bits per heavy atom. The molecule has 0 aliphatic carbocycles. The van der Waals surface area contributed by atoms with Crippen LogP contribution in [-0.2, 0) is 13.2 Å². The van der Waals surface area contributed by atoms with Gasteiger partial charge in [0.2, 0.25) is 5.78 Å². The van der Waals surface area contributed by atoms with Crippen molar-refractivity contribution in [3.63, 3.8) is 0 Å². The smallest absolute Gasteiger partial charge is 0.229 e. The van der Waals surface area contributed by atoms with Gasteiger partial charge in [-0.05, 0) is 41.5 Å². The van der Waals surface area contributed by atoms with Crippen LogP contribution >= 0.6 is 0 Å². The average Bonchev–Trinajstić information content (AvgIpc) is 3.59. The van der Waals surface area contributed by atoms with Crippen LogP contribution < -0.4 is 9.47 Å². The maximum absolute atomic E-state index is 13.3. The molecule has 6 nitrogen and oxygen atoms in total. The summed E-state index contributed by atoms with van der Waals surface area (Å²) in [6.07, 6.45) is 1.91. The third-order valence-electron chi connectivity index (χ3n) is 6.21. The van der Waals surface area contributed by atoms with Crippen molar-refractivity contribution in [1.29, 1.82) is 0 Å². The highest BCUT2D eigenvalue weighted by molar-refractivity contribution is 6.14. The van der Waals surface area contributed by atoms with Crippen molar-refractivity contribution >= 4 is 5.78 Å². The first-order chi connectivity index (χ1) is 17.2. The zero-order valence-electron chi connectivity index (χ0n) is 19.2. The van der Waals surface area contributed by atoms with Gasteiger partial charge in [-0.1, -0.05) is 60.7 Å². The van der Waals surface area contributed by atoms with Gasteiger partial charge in [-0.3, -0.25) is 9.48 Å². The topological polar surface area (TPSA) is 58.3 Å². The van der Waals surface area contributed by atoms with Crippen molar-refractivity contribution in [3.05, 3.63) is 120 Å². The van der Waals surface area contributed by atoms with Gasteiger partial charge in [-0.25, -0.2) is 0 Å². The number of benzene rings is 3. The Bertz CT molecular complexity index is 1520. The quantitative estimate of drug-likeness (QED) is 0.314. The fourth-order valence-corrected chi connectivity index (χ4v) is 4.52. The van der Waals surface area contributed by atoms with Crippen molar-refractivity contribution in [2.45, 2.75) is 13.2 Å². The highest BCUT2D eigenvalue weighted by atomic mass is 16.5. The molecule has 0 N–H and O–H groups in total. The van der Waals surface area contributed by atoms with E-state index >= 15 is 0 Å². The minimum Gasteiger partial charge on any atom is -0.493 e. The van der Waals surface area contributed by atoms with E-state index in [1.807, 2.05) is 106 Å². The molecule has 6 heteroatoms. The summed E-state index contributed by atoms with van der Waals surface area (Å²) in [7, 11) is 1.63. The first-order valence-corrected chi connectivity index (χ1v) is 11.4. The fraction of sp³-hybridized carbons (Fsp3) is 0.103. The van der Waals surface area contributed by atoms with Crippen LogP contribution in [0.3, 0.4) is 0 Å². The second kappa shape index (κ2) is 8.65. The molecule has 0 radical (unpaired) electrons. The van der Waals surface area contributed by atoms with Gasteiger partial charge in [-0.15, -0.1) is 0 Å². The minimum absolute atomic E-state index is 0.0197. The van der Waals surface area contributed by atoms with Crippen molar-refractivity contribution < 1.29 is 14.3 Å². The molecule has 0 bridgehead atoms. The molecule has 1 aliphatic heterocycles. The maximum Gasteiger partial charge on any atom is 0.229 e. The molecular weight excluding hydrogens is 438 g/mol. The minimum atomic E-state index is -0.0197. The first-order valence-electron chi connectivity index (χ1n) is 11.4. The van der Waals surface area contributed by atoms with Crippen molar-refractivity contribution in [1.82, 2.24) is 14.3 Å². The van der Waals surface area contributed by atoms with E-state index < -0.39 is 0 Å². The zero-order chi connectivity index (χ0) is 23.8. The van der Waals surface area contributed by atoms with Crippen molar-refractivity contribution in [3.8, 4) is 28.4 Å². The van der Waals surface area contributed by atoms with Crippen LogP contribution in [0, 0.1) is 0 Å². The maximum atomic E-state index is 13.3. The number of aromatic nitrogens is 3. The van der Waals surface area contributed by atoms with E-state index in [1.54, 1.807) is 7.11 Å². The summed E-state index contributed by atoms with van der Waals surface area (Å²) >= 11 is 0. The van der Waals surface area contributed by atoms with Gasteiger partial charge in [0.25, 0.3) is 0 Å². The second-order valence-corrected chi connectivity index (χ2v) is 8.42. The normalized spacial score (nSPS) is 11.9. The Labute approximate surface area is 203 Å². The van der Waals surface area contributed by atoms with E-state index in [4.69, 9.17) is 14.6 Å².